The van der Waals surface area contributed by atoms with E-state index in [0.717, 1.165) is 10.6 Å². The maximum Gasteiger partial charge on any atom is 0.364 e. The molecule has 3 heterocycles. The lowest BCUT2D eigenvalue weighted by molar-refractivity contribution is 0.0867. The third-order valence-electron chi connectivity index (χ3n) is 4.71. The fourth-order valence-corrected chi connectivity index (χ4v) is 3.39. The Kier molecular flexibility index (Phi) is 5.81. The number of hydrogen-bond acceptors (Lipinski definition) is 5. The molecule has 3 aromatic heterocycles. The molecule has 0 fully saturated rings. The lowest BCUT2D eigenvalue weighted by Gasteiger charge is -2.10. The summed E-state index contributed by atoms with van der Waals surface area (Å²) in [5.74, 6) is -0.997. The molecule has 4 aromatic rings. The van der Waals surface area contributed by atoms with Crippen molar-refractivity contribution in [2.45, 2.75) is 25.8 Å². The Balaban J connectivity index is 1.55. The molecular formula is C21H18ClF2N7O2. The summed E-state index contributed by atoms with van der Waals surface area (Å²) in [7, 11) is 0. The average molecular weight is 474 g/mol. The first-order valence-corrected chi connectivity index (χ1v) is 10.2. The minimum atomic E-state index is -3.69. The zero-order valence-corrected chi connectivity index (χ0v) is 18.3. The summed E-state index contributed by atoms with van der Waals surface area (Å²) < 4.78 is 29.9. The third kappa shape index (κ3) is 4.67. The van der Waals surface area contributed by atoms with E-state index in [4.69, 9.17) is 11.6 Å². The molecular weight excluding hydrogens is 456 g/mol. The summed E-state index contributed by atoms with van der Waals surface area (Å²) in [6.07, 6.45) is 1.53. The summed E-state index contributed by atoms with van der Waals surface area (Å²) in [6, 6.07) is 10.5. The van der Waals surface area contributed by atoms with E-state index in [1.165, 1.54) is 19.2 Å². The van der Waals surface area contributed by atoms with Gasteiger partial charge in [-0.3, -0.25) is 14.3 Å². The van der Waals surface area contributed by atoms with Gasteiger partial charge in [-0.2, -0.15) is 19.0 Å². The lowest BCUT2D eigenvalue weighted by Crippen LogP contribution is -2.18. The highest BCUT2D eigenvalue weighted by Gasteiger charge is 2.32. The molecule has 1 aromatic carbocycles. The van der Waals surface area contributed by atoms with Gasteiger partial charge in [0.2, 0.25) is 0 Å². The maximum absolute atomic E-state index is 13.8. The van der Waals surface area contributed by atoms with Crippen LogP contribution in [0.5, 0.6) is 0 Å². The second kappa shape index (κ2) is 8.58. The molecule has 12 heteroatoms. The molecule has 33 heavy (non-hydrogen) atoms. The van der Waals surface area contributed by atoms with Gasteiger partial charge in [-0.15, -0.1) is 0 Å². The highest BCUT2D eigenvalue weighted by atomic mass is 35.5. The number of alkyl halides is 3. The second-order valence-corrected chi connectivity index (χ2v) is 7.58. The number of fused-ring (bicyclic) bond motifs is 1. The van der Waals surface area contributed by atoms with Crippen molar-refractivity contribution >= 4 is 40.4 Å². The fraction of sp³-hybridized carbons (Fsp3) is 0.190. The molecule has 4 rings (SSSR count). The maximum atomic E-state index is 13.8. The summed E-state index contributed by atoms with van der Waals surface area (Å²) in [5.41, 5.74) is 0.843. The molecule has 0 aliphatic heterocycles. The Bertz CT molecular complexity index is 1360. The van der Waals surface area contributed by atoms with E-state index in [1.807, 2.05) is 6.92 Å². The Hall–Kier alpha value is -3.86. The van der Waals surface area contributed by atoms with Crippen LogP contribution in [0.25, 0.3) is 5.65 Å². The van der Waals surface area contributed by atoms with Gasteiger partial charge >= 0.3 is 5.38 Å². The van der Waals surface area contributed by atoms with Gasteiger partial charge in [0, 0.05) is 35.9 Å². The van der Waals surface area contributed by atoms with E-state index in [0.29, 0.717) is 29.3 Å². The average Bonchev–Trinajstić information content (AvgIpc) is 3.39. The van der Waals surface area contributed by atoms with Crippen LogP contribution >= 0.6 is 11.6 Å². The highest BCUT2D eigenvalue weighted by Crippen LogP contribution is 2.32. The van der Waals surface area contributed by atoms with E-state index < -0.39 is 17.0 Å². The number of aromatic nitrogens is 5. The van der Waals surface area contributed by atoms with E-state index in [9.17, 15) is 18.4 Å². The number of benzene rings is 1. The number of carbonyl (C=O) groups excluding carboxylic acids is 2. The molecule has 2 amide bonds. The quantitative estimate of drug-likeness (QED) is 0.411. The summed E-state index contributed by atoms with van der Waals surface area (Å²) >= 11 is 5.18. The Morgan fingerprint density at radius 2 is 1.79 bits per heavy atom. The normalized spacial score (nSPS) is 11.5. The Labute approximate surface area is 191 Å². The van der Waals surface area contributed by atoms with Crippen molar-refractivity contribution in [2.75, 3.05) is 10.6 Å². The summed E-state index contributed by atoms with van der Waals surface area (Å²) in [4.78, 5) is 29.3. The smallest absolute Gasteiger partial charge is 0.321 e. The monoisotopic (exact) mass is 473 g/mol. The molecule has 0 saturated carbocycles. The molecule has 0 unspecified atom stereocenters. The number of nitrogens with one attached hydrogen (secondary N) is 2. The van der Waals surface area contributed by atoms with Gasteiger partial charge in [0.15, 0.2) is 11.3 Å². The number of halogens is 3. The van der Waals surface area contributed by atoms with Crippen LogP contribution in [0.15, 0.2) is 48.7 Å². The molecule has 2 N–H and O–H groups in total. The molecule has 170 valence electrons. The van der Waals surface area contributed by atoms with Crippen LogP contribution < -0.4 is 10.6 Å². The molecule has 0 radical (unpaired) electrons. The third-order valence-corrected chi connectivity index (χ3v) is 4.90. The molecule has 0 aliphatic rings. The molecule has 0 atom stereocenters. The molecule has 0 bridgehead atoms. The van der Waals surface area contributed by atoms with Crippen molar-refractivity contribution in [1.29, 1.82) is 0 Å². The fourth-order valence-electron chi connectivity index (χ4n) is 3.26. The largest absolute Gasteiger partial charge is 0.364 e. The summed E-state index contributed by atoms with van der Waals surface area (Å²) in [5, 5.41) is 9.69. The first-order chi connectivity index (χ1) is 15.7. The first-order valence-electron chi connectivity index (χ1n) is 9.85. The number of aryl methyl sites for hydroxylation is 2. The van der Waals surface area contributed by atoms with Gasteiger partial charge in [0.25, 0.3) is 11.8 Å². The zero-order chi connectivity index (χ0) is 23.8. The topological polar surface area (TPSA) is 106 Å². The standard InChI is InChI=1S/C21H18ClF2N7O2/c1-3-30-16(7-8-25-30)20(33)28-14-6-4-5-13(10-14)27-19(32)15-11-18-26-12(2)9-17(21(22,23)24)31(18)29-15/h4-11H,3H2,1-2H3,(H,27,32)(H,28,33). The van der Waals surface area contributed by atoms with E-state index in [-0.39, 0.29) is 17.2 Å². The minimum Gasteiger partial charge on any atom is -0.321 e. The van der Waals surface area contributed by atoms with Crippen LogP contribution in [-0.4, -0.2) is 36.2 Å². The van der Waals surface area contributed by atoms with E-state index in [1.54, 1.807) is 35.0 Å². The molecule has 9 nitrogen and oxygen atoms in total. The van der Waals surface area contributed by atoms with Crippen LogP contribution in [-0.2, 0) is 11.9 Å². The van der Waals surface area contributed by atoms with Gasteiger partial charge in [-0.25, -0.2) is 9.50 Å². The van der Waals surface area contributed by atoms with E-state index in [2.05, 4.69) is 25.8 Å². The number of amides is 2. The van der Waals surface area contributed by atoms with Crippen LogP contribution in [0.4, 0.5) is 20.2 Å². The van der Waals surface area contributed by atoms with Gasteiger partial charge in [-0.05, 0) is 55.8 Å². The Morgan fingerprint density at radius 1 is 1.09 bits per heavy atom. The number of rotatable bonds is 6. The zero-order valence-electron chi connectivity index (χ0n) is 17.5. The predicted octanol–water partition coefficient (Wildman–Crippen LogP) is 4.05. The second-order valence-electron chi connectivity index (χ2n) is 7.10. The highest BCUT2D eigenvalue weighted by molar-refractivity contribution is 6.21. The van der Waals surface area contributed by atoms with E-state index >= 15 is 0 Å². The number of anilines is 2. The number of hydrogen-bond donors (Lipinski definition) is 2. The van der Waals surface area contributed by atoms with Gasteiger partial charge in [-0.1, -0.05) is 6.07 Å². The van der Waals surface area contributed by atoms with Crippen LogP contribution in [0.1, 0.15) is 39.3 Å². The number of carbonyl (C=O) groups is 2. The Morgan fingerprint density at radius 3 is 2.45 bits per heavy atom. The van der Waals surface area contributed by atoms with Crippen molar-refractivity contribution in [3.8, 4) is 0 Å². The van der Waals surface area contributed by atoms with Crippen molar-refractivity contribution in [2.24, 2.45) is 0 Å². The molecule has 0 saturated heterocycles. The van der Waals surface area contributed by atoms with Crippen LogP contribution in [0.3, 0.4) is 0 Å². The first kappa shape index (κ1) is 22.3. The minimum absolute atomic E-state index is 0.0593. The van der Waals surface area contributed by atoms with Gasteiger partial charge in [0.1, 0.15) is 11.4 Å². The van der Waals surface area contributed by atoms with Gasteiger partial charge in [0.05, 0.1) is 0 Å². The van der Waals surface area contributed by atoms with Crippen molar-refractivity contribution in [1.82, 2.24) is 24.4 Å². The lowest BCUT2D eigenvalue weighted by atomic mass is 10.2. The van der Waals surface area contributed by atoms with Crippen molar-refractivity contribution in [3.63, 3.8) is 0 Å². The van der Waals surface area contributed by atoms with Crippen molar-refractivity contribution < 1.29 is 18.4 Å². The molecule has 0 spiro atoms. The van der Waals surface area contributed by atoms with Gasteiger partial charge < -0.3 is 10.6 Å². The number of nitrogens with zero attached hydrogens (tertiary/aromatic N) is 5. The van der Waals surface area contributed by atoms with Crippen LogP contribution in [0.2, 0.25) is 0 Å². The van der Waals surface area contributed by atoms with Crippen molar-refractivity contribution in [3.05, 3.63) is 71.4 Å². The van der Waals surface area contributed by atoms with Crippen LogP contribution in [0, 0.1) is 6.92 Å². The SMILES string of the molecule is CCn1nccc1C(=O)Nc1cccc(NC(=O)c2cc3nc(C)cc(C(F)(F)Cl)n3n2)c1. The molecule has 0 aliphatic carbocycles. The predicted molar refractivity (Wildman–Crippen MR) is 118 cm³/mol. The summed E-state index contributed by atoms with van der Waals surface area (Å²) in [6.45, 7) is 3.94.